The Hall–Kier alpha value is -0.420. The van der Waals surface area contributed by atoms with Crippen LogP contribution in [-0.4, -0.2) is 30.2 Å². The molecule has 0 aliphatic carbocycles. The van der Waals surface area contributed by atoms with E-state index in [2.05, 4.69) is 11.4 Å². The van der Waals surface area contributed by atoms with Gasteiger partial charge in [0.25, 0.3) is 0 Å². The standard InChI is InChI=1S/C13H25O6P/c1-2-3-4-5-6-7-8-9-13(14)17-10-12-11-18-20(15,16)19-12/h12H,2-11H2,1H3,(H,15,16). The zero-order chi connectivity index (χ0) is 14.8. The van der Waals surface area contributed by atoms with Gasteiger partial charge in [0.05, 0.1) is 6.61 Å². The Morgan fingerprint density at radius 2 is 1.90 bits per heavy atom. The van der Waals surface area contributed by atoms with Gasteiger partial charge >= 0.3 is 13.8 Å². The van der Waals surface area contributed by atoms with Crippen molar-refractivity contribution in [2.45, 2.75) is 64.4 Å². The molecule has 118 valence electrons. The number of hydrogen-bond acceptors (Lipinski definition) is 5. The summed E-state index contributed by atoms with van der Waals surface area (Å²) in [6.45, 7) is 2.14. The molecule has 1 N–H and O–H groups in total. The van der Waals surface area contributed by atoms with Gasteiger partial charge in [-0.05, 0) is 6.42 Å². The molecule has 0 spiro atoms. The van der Waals surface area contributed by atoms with E-state index in [1.807, 2.05) is 0 Å². The monoisotopic (exact) mass is 308 g/mol. The van der Waals surface area contributed by atoms with Gasteiger partial charge in [0.1, 0.15) is 12.7 Å². The van der Waals surface area contributed by atoms with E-state index in [1.54, 1.807) is 0 Å². The van der Waals surface area contributed by atoms with E-state index < -0.39 is 13.9 Å². The lowest BCUT2D eigenvalue weighted by Gasteiger charge is -2.08. The molecular formula is C13H25O6P. The van der Waals surface area contributed by atoms with Crippen LogP contribution in [0.3, 0.4) is 0 Å². The minimum Gasteiger partial charge on any atom is -0.463 e. The van der Waals surface area contributed by atoms with Gasteiger partial charge in [0.2, 0.25) is 0 Å². The molecule has 0 amide bonds. The number of carbonyl (C=O) groups is 1. The Balaban J connectivity index is 1.94. The molecule has 1 aliphatic rings. The van der Waals surface area contributed by atoms with Gasteiger partial charge in [-0.2, -0.15) is 0 Å². The molecule has 0 saturated carbocycles. The molecule has 0 aromatic rings. The van der Waals surface area contributed by atoms with Crippen LogP contribution in [0.5, 0.6) is 0 Å². The smallest absolute Gasteiger partial charge is 0.463 e. The van der Waals surface area contributed by atoms with Crippen LogP contribution in [0.25, 0.3) is 0 Å². The maximum Gasteiger partial charge on any atom is 0.472 e. The predicted molar refractivity (Wildman–Crippen MR) is 74.2 cm³/mol. The summed E-state index contributed by atoms with van der Waals surface area (Å²) in [4.78, 5) is 20.4. The third-order valence-corrected chi connectivity index (χ3v) is 4.16. The molecule has 0 aromatic heterocycles. The molecule has 2 unspecified atom stereocenters. The number of phosphoric acid groups is 1. The number of rotatable bonds is 10. The Morgan fingerprint density at radius 3 is 2.50 bits per heavy atom. The SMILES string of the molecule is CCCCCCCCCC(=O)OCC1COP(=O)(O)O1. The van der Waals surface area contributed by atoms with Crippen LogP contribution in [0.4, 0.5) is 0 Å². The minimum atomic E-state index is -3.89. The number of ether oxygens (including phenoxy) is 1. The Morgan fingerprint density at radius 1 is 1.25 bits per heavy atom. The lowest BCUT2D eigenvalue weighted by Crippen LogP contribution is -2.20. The second-order valence-electron chi connectivity index (χ2n) is 5.05. The maximum atomic E-state index is 11.4. The fourth-order valence-electron chi connectivity index (χ4n) is 1.99. The van der Waals surface area contributed by atoms with Crippen LogP contribution >= 0.6 is 7.82 Å². The van der Waals surface area contributed by atoms with Gasteiger partial charge in [0.15, 0.2) is 0 Å². The Kier molecular flexibility index (Phi) is 8.38. The summed E-state index contributed by atoms with van der Waals surface area (Å²) >= 11 is 0. The maximum absolute atomic E-state index is 11.4. The number of unbranched alkanes of at least 4 members (excludes halogenated alkanes) is 6. The van der Waals surface area contributed by atoms with Gasteiger partial charge < -0.3 is 9.63 Å². The summed E-state index contributed by atoms with van der Waals surface area (Å²) < 4.78 is 25.2. The van der Waals surface area contributed by atoms with Crippen molar-refractivity contribution in [2.24, 2.45) is 0 Å². The molecule has 1 heterocycles. The van der Waals surface area contributed by atoms with Gasteiger partial charge in [-0.3, -0.25) is 13.8 Å². The highest BCUT2D eigenvalue weighted by atomic mass is 31.2. The number of phosphoric ester groups is 1. The van der Waals surface area contributed by atoms with Gasteiger partial charge in [-0.25, -0.2) is 4.57 Å². The van der Waals surface area contributed by atoms with Crippen LogP contribution < -0.4 is 0 Å². The second kappa shape index (κ2) is 9.50. The van der Waals surface area contributed by atoms with Crippen LogP contribution in [0.1, 0.15) is 58.3 Å². The molecule has 6 nitrogen and oxygen atoms in total. The first kappa shape index (κ1) is 17.6. The minimum absolute atomic E-state index is 0.0154. The average molecular weight is 308 g/mol. The molecule has 0 aromatic carbocycles. The molecule has 0 bridgehead atoms. The lowest BCUT2D eigenvalue weighted by atomic mass is 10.1. The third-order valence-electron chi connectivity index (χ3n) is 3.12. The zero-order valence-corrected chi connectivity index (χ0v) is 13.0. The fraction of sp³-hybridized carbons (Fsp3) is 0.923. The zero-order valence-electron chi connectivity index (χ0n) is 12.1. The topological polar surface area (TPSA) is 82.1 Å². The summed E-state index contributed by atoms with van der Waals surface area (Å²) in [5.41, 5.74) is 0. The summed E-state index contributed by atoms with van der Waals surface area (Å²) in [7, 11) is -3.89. The van der Waals surface area contributed by atoms with Crippen molar-refractivity contribution in [1.82, 2.24) is 0 Å². The number of carbonyl (C=O) groups excluding carboxylic acids is 1. The van der Waals surface area contributed by atoms with Gasteiger partial charge in [0, 0.05) is 6.42 Å². The van der Waals surface area contributed by atoms with E-state index in [0.717, 1.165) is 19.3 Å². The van der Waals surface area contributed by atoms with Crippen molar-refractivity contribution < 1.29 is 28.0 Å². The quantitative estimate of drug-likeness (QED) is 0.379. The lowest BCUT2D eigenvalue weighted by molar-refractivity contribution is -0.146. The highest BCUT2D eigenvalue weighted by Gasteiger charge is 2.35. The fourth-order valence-corrected chi connectivity index (χ4v) is 2.90. The highest BCUT2D eigenvalue weighted by molar-refractivity contribution is 7.47. The molecule has 1 fully saturated rings. The van der Waals surface area contributed by atoms with E-state index in [9.17, 15) is 9.36 Å². The summed E-state index contributed by atoms with van der Waals surface area (Å²) in [6.07, 6.45) is 7.77. The number of esters is 1. The van der Waals surface area contributed by atoms with Crippen molar-refractivity contribution in [3.8, 4) is 0 Å². The second-order valence-corrected chi connectivity index (χ2v) is 6.45. The van der Waals surface area contributed by atoms with Crippen LogP contribution in [0, 0.1) is 0 Å². The van der Waals surface area contributed by atoms with Crippen molar-refractivity contribution in [3.63, 3.8) is 0 Å². The first-order chi connectivity index (χ1) is 9.53. The molecule has 0 radical (unpaired) electrons. The number of hydrogen-bond donors (Lipinski definition) is 1. The van der Waals surface area contributed by atoms with E-state index in [0.29, 0.717) is 6.42 Å². The molecule has 1 rings (SSSR count). The van der Waals surface area contributed by atoms with Crippen LogP contribution in [0.2, 0.25) is 0 Å². The Bertz CT molecular complexity index is 333. The molecule has 2 atom stereocenters. The molecule has 1 saturated heterocycles. The largest absolute Gasteiger partial charge is 0.472 e. The molecular weight excluding hydrogens is 283 g/mol. The molecule has 20 heavy (non-hydrogen) atoms. The molecule has 1 aliphatic heterocycles. The summed E-state index contributed by atoms with van der Waals surface area (Å²) in [6, 6.07) is 0. The summed E-state index contributed by atoms with van der Waals surface area (Å²) in [5.74, 6) is -0.290. The van der Waals surface area contributed by atoms with Crippen molar-refractivity contribution in [3.05, 3.63) is 0 Å². The van der Waals surface area contributed by atoms with E-state index in [1.165, 1.54) is 25.7 Å². The normalized spacial score (nSPS) is 25.8. The van der Waals surface area contributed by atoms with E-state index in [4.69, 9.17) is 14.2 Å². The highest BCUT2D eigenvalue weighted by Crippen LogP contribution is 2.49. The molecule has 7 heteroatoms. The van der Waals surface area contributed by atoms with E-state index >= 15 is 0 Å². The van der Waals surface area contributed by atoms with Crippen molar-refractivity contribution >= 4 is 13.8 Å². The van der Waals surface area contributed by atoms with Crippen molar-refractivity contribution in [2.75, 3.05) is 13.2 Å². The Labute approximate surface area is 120 Å². The summed E-state index contributed by atoms with van der Waals surface area (Å²) in [5, 5.41) is 0. The van der Waals surface area contributed by atoms with Gasteiger partial charge in [-0.1, -0.05) is 45.4 Å². The first-order valence-corrected chi connectivity index (χ1v) is 8.84. The van der Waals surface area contributed by atoms with Crippen LogP contribution in [0.15, 0.2) is 0 Å². The van der Waals surface area contributed by atoms with Crippen LogP contribution in [-0.2, 0) is 23.1 Å². The van der Waals surface area contributed by atoms with Crippen molar-refractivity contribution in [1.29, 1.82) is 0 Å². The first-order valence-electron chi connectivity index (χ1n) is 7.35. The predicted octanol–water partition coefficient (Wildman–Crippen LogP) is 3.19. The third kappa shape index (κ3) is 8.00. The van der Waals surface area contributed by atoms with Gasteiger partial charge in [-0.15, -0.1) is 0 Å². The average Bonchev–Trinajstić information content (AvgIpc) is 2.75. The van der Waals surface area contributed by atoms with E-state index in [-0.39, 0.29) is 19.2 Å².